The fourth-order valence-corrected chi connectivity index (χ4v) is 3.92. The third-order valence-electron chi connectivity index (χ3n) is 5.48. The normalized spacial score (nSPS) is 22.3. The number of tetrazole rings is 1. The number of fused-ring (bicyclic) bond motifs is 1. The van der Waals surface area contributed by atoms with Gasteiger partial charge in [0.25, 0.3) is 0 Å². The van der Waals surface area contributed by atoms with Gasteiger partial charge in [0.2, 0.25) is 11.9 Å². The molecule has 26 heavy (non-hydrogen) atoms. The van der Waals surface area contributed by atoms with Crippen LogP contribution >= 0.6 is 0 Å². The molecule has 1 aromatic carbocycles. The highest BCUT2D eigenvalue weighted by molar-refractivity contribution is 5.77. The van der Waals surface area contributed by atoms with E-state index in [4.69, 9.17) is 4.74 Å². The molecule has 138 valence electrons. The summed E-state index contributed by atoms with van der Waals surface area (Å²) in [7, 11) is 3.74. The standard InChI is InChI=1S/C18H24N6O2/c1-22(15-7-8-24(10-15)18-19-20-21-23(18)2)17(25)9-14-12-26-11-13-5-3-4-6-16(13)14/h3-6,14-15H,7-12H2,1-2H3. The smallest absolute Gasteiger partial charge is 0.245 e. The van der Waals surface area contributed by atoms with Gasteiger partial charge in [-0.15, -0.1) is 0 Å². The highest BCUT2D eigenvalue weighted by atomic mass is 16.5. The molecule has 1 aromatic heterocycles. The Hall–Kier alpha value is -2.48. The van der Waals surface area contributed by atoms with E-state index in [-0.39, 0.29) is 17.9 Å². The molecule has 1 fully saturated rings. The van der Waals surface area contributed by atoms with Gasteiger partial charge < -0.3 is 14.5 Å². The molecule has 0 saturated carbocycles. The van der Waals surface area contributed by atoms with Crippen molar-refractivity contribution < 1.29 is 9.53 Å². The zero-order chi connectivity index (χ0) is 18.1. The number of anilines is 1. The summed E-state index contributed by atoms with van der Waals surface area (Å²) < 4.78 is 7.36. The minimum absolute atomic E-state index is 0.135. The summed E-state index contributed by atoms with van der Waals surface area (Å²) >= 11 is 0. The second-order valence-electron chi connectivity index (χ2n) is 7.11. The summed E-state index contributed by atoms with van der Waals surface area (Å²) in [6.45, 7) is 2.86. The highest BCUT2D eigenvalue weighted by Gasteiger charge is 2.32. The Balaban J connectivity index is 1.39. The fourth-order valence-electron chi connectivity index (χ4n) is 3.92. The van der Waals surface area contributed by atoms with Crippen molar-refractivity contribution in [3.05, 3.63) is 35.4 Å². The van der Waals surface area contributed by atoms with E-state index in [1.807, 2.05) is 31.1 Å². The highest BCUT2D eigenvalue weighted by Crippen LogP contribution is 2.30. The lowest BCUT2D eigenvalue weighted by atomic mass is 9.90. The van der Waals surface area contributed by atoms with Crippen LogP contribution in [0.2, 0.25) is 0 Å². The van der Waals surface area contributed by atoms with Gasteiger partial charge >= 0.3 is 0 Å². The molecule has 0 spiro atoms. The number of nitrogens with zero attached hydrogens (tertiary/aromatic N) is 6. The minimum Gasteiger partial charge on any atom is -0.376 e. The molecule has 8 nitrogen and oxygen atoms in total. The number of aryl methyl sites for hydroxylation is 1. The van der Waals surface area contributed by atoms with Gasteiger partial charge in [0.05, 0.1) is 19.3 Å². The number of hydrogen-bond acceptors (Lipinski definition) is 6. The lowest BCUT2D eigenvalue weighted by molar-refractivity contribution is -0.132. The number of hydrogen-bond donors (Lipinski definition) is 0. The molecule has 2 aliphatic rings. The Morgan fingerprint density at radius 2 is 2.23 bits per heavy atom. The third kappa shape index (κ3) is 3.16. The Morgan fingerprint density at radius 3 is 3.04 bits per heavy atom. The lowest BCUT2D eigenvalue weighted by Gasteiger charge is -2.29. The Morgan fingerprint density at radius 1 is 1.38 bits per heavy atom. The summed E-state index contributed by atoms with van der Waals surface area (Å²) in [5.41, 5.74) is 2.44. The largest absolute Gasteiger partial charge is 0.376 e. The van der Waals surface area contributed by atoms with Crippen LogP contribution in [0, 0.1) is 0 Å². The second-order valence-corrected chi connectivity index (χ2v) is 7.11. The van der Waals surface area contributed by atoms with Crippen LogP contribution in [-0.2, 0) is 23.2 Å². The van der Waals surface area contributed by atoms with Crippen molar-refractivity contribution in [3.63, 3.8) is 0 Å². The van der Waals surface area contributed by atoms with Crippen molar-refractivity contribution >= 4 is 11.9 Å². The molecule has 1 saturated heterocycles. The van der Waals surface area contributed by atoms with E-state index in [0.29, 0.717) is 19.6 Å². The molecule has 0 N–H and O–H groups in total. The van der Waals surface area contributed by atoms with Crippen LogP contribution in [0.25, 0.3) is 0 Å². The van der Waals surface area contributed by atoms with E-state index in [2.05, 4.69) is 32.6 Å². The van der Waals surface area contributed by atoms with Crippen molar-refractivity contribution in [1.82, 2.24) is 25.1 Å². The number of carbonyl (C=O) groups excluding carboxylic acids is 1. The molecule has 2 aromatic rings. The van der Waals surface area contributed by atoms with Crippen molar-refractivity contribution in [3.8, 4) is 0 Å². The molecule has 3 heterocycles. The maximum absolute atomic E-state index is 12.9. The van der Waals surface area contributed by atoms with E-state index in [1.165, 1.54) is 11.1 Å². The summed E-state index contributed by atoms with van der Waals surface area (Å²) in [4.78, 5) is 16.9. The van der Waals surface area contributed by atoms with Crippen LogP contribution in [0.5, 0.6) is 0 Å². The van der Waals surface area contributed by atoms with Crippen molar-refractivity contribution in [2.24, 2.45) is 7.05 Å². The monoisotopic (exact) mass is 356 g/mol. The van der Waals surface area contributed by atoms with Crippen LogP contribution in [0.15, 0.2) is 24.3 Å². The molecule has 2 atom stereocenters. The average molecular weight is 356 g/mol. The van der Waals surface area contributed by atoms with Crippen molar-refractivity contribution in [2.75, 3.05) is 31.6 Å². The number of rotatable bonds is 4. The summed E-state index contributed by atoms with van der Waals surface area (Å²) in [5, 5.41) is 11.6. The van der Waals surface area contributed by atoms with Gasteiger partial charge in [-0.3, -0.25) is 4.79 Å². The van der Waals surface area contributed by atoms with Gasteiger partial charge in [-0.05, 0) is 28.0 Å². The molecule has 1 amide bonds. The topological polar surface area (TPSA) is 76.4 Å². The maximum atomic E-state index is 12.9. The Bertz CT molecular complexity index is 791. The number of amides is 1. The maximum Gasteiger partial charge on any atom is 0.245 e. The number of benzene rings is 1. The predicted molar refractivity (Wildman–Crippen MR) is 95.6 cm³/mol. The van der Waals surface area contributed by atoms with Crippen molar-refractivity contribution in [2.45, 2.75) is 31.4 Å². The van der Waals surface area contributed by atoms with Crippen LogP contribution in [0.3, 0.4) is 0 Å². The number of carbonyl (C=O) groups is 1. The predicted octanol–water partition coefficient (Wildman–Crippen LogP) is 0.951. The SMILES string of the molecule is CN(C(=O)CC1COCc2ccccc21)C1CCN(c2nnnn2C)C1. The van der Waals surface area contributed by atoms with Gasteiger partial charge in [0, 0.05) is 39.5 Å². The first kappa shape index (κ1) is 17.0. The van der Waals surface area contributed by atoms with Crippen LogP contribution in [0.1, 0.15) is 29.9 Å². The van der Waals surface area contributed by atoms with Crippen LogP contribution < -0.4 is 4.90 Å². The summed E-state index contributed by atoms with van der Waals surface area (Å²) in [5.74, 6) is 1.05. The molecular formula is C18H24N6O2. The number of ether oxygens (including phenoxy) is 1. The van der Waals surface area contributed by atoms with E-state index in [9.17, 15) is 4.79 Å². The van der Waals surface area contributed by atoms with E-state index in [1.54, 1.807) is 4.68 Å². The molecule has 2 unspecified atom stereocenters. The second kappa shape index (κ2) is 7.03. The molecule has 2 aliphatic heterocycles. The van der Waals surface area contributed by atoms with E-state index in [0.717, 1.165) is 25.5 Å². The molecule has 0 aliphatic carbocycles. The van der Waals surface area contributed by atoms with E-state index < -0.39 is 0 Å². The van der Waals surface area contributed by atoms with Gasteiger partial charge in [-0.2, -0.15) is 0 Å². The number of likely N-dealkylation sites (N-methyl/N-ethyl adjacent to an activating group) is 1. The zero-order valence-electron chi connectivity index (χ0n) is 15.2. The van der Waals surface area contributed by atoms with Crippen LogP contribution in [0.4, 0.5) is 5.95 Å². The molecule has 8 heteroatoms. The molecule has 4 rings (SSSR count). The zero-order valence-corrected chi connectivity index (χ0v) is 15.2. The van der Waals surface area contributed by atoms with Gasteiger partial charge in [0.15, 0.2) is 0 Å². The molecule has 0 radical (unpaired) electrons. The lowest BCUT2D eigenvalue weighted by Crippen LogP contribution is -2.40. The third-order valence-corrected chi connectivity index (χ3v) is 5.48. The first-order valence-corrected chi connectivity index (χ1v) is 9.02. The quantitative estimate of drug-likeness (QED) is 0.812. The van der Waals surface area contributed by atoms with E-state index >= 15 is 0 Å². The van der Waals surface area contributed by atoms with Gasteiger partial charge in [0.1, 0.15) is 0 Å². The Labute approximate surface area is 152 Å². The fraction of sp³-hybridized carbons (Fsp3) is 0.556. The number of aromatic nitrogens is 4. The summed E-state index contributed by atoms with van der Waals surface area (Å²) in [6, 6.07) is 8.44. The van der Waals surface area contributed by atoms with Gasteiger partial charge in [-0.1, -0.05) is 29.4 Å². The molecule has 0 bridgehead atoms. The average Bonchev–Trinajstić information content (AvgIpc) is 3.30. The first-order chi connectivity index (χ1) is 12.6. The molecular weight excluding hydrogens is 332 g/mol. The minimum atomic E-state index is 0.135. The summed E-state index contributed by atoms with van der Waals surface area (Å²) in [6.07, 6.45) is 1.41. The van der Waals surface area contributed by atoms with Gasteiger partial charge in [-0.25, -0.2) is 4.68 Å². The van der Waals surface area contributed by atoms with Crippen LogP contribution in [-0.4, -0.2) is 63.8 Å². The van der Waals surface area contributed by atoms with Crippen molar-refractivity contribution in [1.29, 1.82) is 0 Å². The Kier molecular flexibility index (Phi) is 4.58. The first-order valence-electron chi connectivity index (χ1n) is 9.02.